The molecule has 0 unspecified atom stereocenters. The van der Waals surface area contributed by atoms with Crippen LogP contribution in [0.5, 0.6) is 0 Å². The molecular formula is C12H17BrN2O3S. The number of rotatable bonds is 7. The third-order valence-electron chi connectivity index (χ3n) is 2.41. The number of carbonyl (C=O) groups excluding carboxylic acids is 1. The van der Waals surface area contributed by atoms with Crippen LogP contribution in [-0.2, 0) is 20.1 Å². The van der Waals surface area contributed by atoms with Gasteiger partial charge in [0.25, 0.3) is 0 Å². The molecule has 0 spiro atoms. The van der Waals surface area contributed by atoms with Crippen molar-refractivity contribution in [2.75, 3.05) is 13.1 Å². The highest BCUT2D eigenvalue weighted by atomic mass is 79.9. The van der Waals surface area contributed by atoms with Crippen molar-refractivity contribution in [2.24, 2.45) is 0 Å². The molecule has 106 valence electrons. The molecule has 0 bridgehead atoms. The molecule has 2 N–H and O–H groups in total. The first-order valence-corrected chi connectivity index (χ1v) is 8.51. The van der Waals surface area contributed by atoms with E-state index in [1.807, 2.05) is 6.92 Å². The minimum atomic E-state index is -3.54. The van der Waals surface area contributed by atoms with Gasteiger partial charge in [-0.3, -0.25) is 4.79 Å². The summed E-state index contributed by atoms with van der Waals surface area (Å²) in [5, 5.41) is 3.29. The molecule has 0 heterocycles. The summed E-state index contributed by atoms with van der Waals surface area (Å²) in [6, 6.07) is 6.58. The van der Waals surface area contributed by atoms with Gasteiger partial charge < -0.3 is 5.32 Å². The standard InChI is InChI=1S/C12H17BrN2O3S/c1-2-14-12(16)7-8-15-19(17,18)11-5-3-10(9-13)4-6-11/h3-6,15H,2,7-9H2,1H3,(H,14,16). The molecule has 0 saturated heterocycles. The quantitative estimate of drug-likeness (QED) is 0.731. The number of halogens is 1. The van der Waals surface area contributed by atoms with Gasteiger partial charge in [-0.1, -0.05) is 28.1 Å². The van der Waals surface area contributed by atoms with E-state index in [1.165, 1.54) is 0 Å². The zero-order valence-corrected chi connectivity index (χ0v) is 13.1. The highest BCUT2D eigenvalue weighted by Crippen LogP contribution is 2.12. The Morgan fingerprint density at radius 3 is 2.42 bits per heavy atom. The maximum absolute atomic E-state index is 11.9. The van der Waals surface area contributed by atoms with E-state index in [4.69, 9.17) is 0 Å². The number of nitrogens with one attached hydrogen (secondary N) is 2. The van der Waals surface area contributed by atoms with Crippen molar-refractivity contribution in [3.05, 3.63) is 29.8 Å². The number of benzene rings is 1. The molecule has 1 aromatic rings. The summed E-state index contributed by atoms with van der Waals surface area (Å²) in [6.45, 7) is 2.45. The molecule has 0 aliphatic rings. The number of sulfonamides is 1. The van der Waals surface area contributed by atoms with Crippen LogP contribution in [0.15, 0.2) is 29.2 Å². The topological polar surface area (TPSA) is 75.3 Å². The predicted molar refractivity (Wildman–Crippen MR) is 77.6 cm³/mol. The Morgan fingerprint density at radius 2 is 1.89 bits per heavy atom. The zero-order valence-electron chi connectivity index (χ0n) is 10.6. The number of hydrogen-bond donors (Lipinski definition) is 2. The van der Waals surface area contributed by atoms with Crippen molar-refractivity contribution in [2.45, 2.75) is 23.6 Å². The van der Waals surface area contributed by atoms with Crippen molar-refractivity contribution in [3.63, 3.8) is 0 Å². The average molecular weight is 349 g/mol. The molecule has 1 aromatic carbocycles. The Kier molecular flexibility index (Phi) is 6.47. The molecule has 0 fully saturated rings. The van der Waals surface area contributed by atoms with Gasteiger partial charge in [0.15, 0.2) is 0 Å². The summed E-state index contributed by atoms with van der Waals surface area (Å²) in [7, 11) is -3.54. The normalized spacial score (nSPS) is 11.3. The molecule has 0 aliphatic heterocycles. The van der Waals surface area contributed by atoms with Gasteiger partial charge >= 0.3 is 0 Å². The van der Waals surface area contributed by atoms with Crippen LogP contribution in [0, 0.1) is 0 Å². The lowest BCUT2D eigenvalue weighted by Gasteiger charge is -2.07. The zero-order chi connectivity index (χ0) is 14.3. The van der Waals surface area contributed by atoms with Crippen molar-refractivity contribution in [1.82, 2.24) is 10.0 Å². The Hall–Kier alpha value is -0.920. The molecule has 0 atom stereocenters. The minimum absolute atomic E-state index is 0.0916. The van der Waals surface area contributed by atoms with Gasteiger partial charge in [-0.25, -0.2) is 13.1 Å². The Morgan fingerprint density at radius 1 is 1.26 bits per heavy atom. The SMILES string of the molecule is CCNC(=O)CCNS(=O)(=O)c1ccc(CBr)cc1. The molecule has 0 saturated carbocycles. The van der Waals surface area contributed by atoms with Crippen molar-refractivity contribution < 1.29 is 13.2 Å². The van der Waals surface area contributed by atoms with E-state index in [2.05, 4.69) is 26.0 Å². The smallest absolute Gasteiger partial charge is 0.240 e. The van der Waals surface area contributed by atoms with E-state index in [-0.39, 0.29) is 23.8 Å². The van der Waals surface area contributed by atoms with E-state index in [1.54, 1.807) is 24.3 Å². The summed E-state index contributed by atoms with van der Waals surface area (Å²) >= 11 is 3.30. The number of amides is 1. The van der Waals surface area contributed by atoms with Gasteiger partial charge in [0, 0.05) is 24.8 Å². The molecule has 0 radical (unpaired) electrons. The second-order valence-electron chi connectivity index (χ2n) is 3.88. The molecule has 5 nitrogen and oxygen atoms in total. The van der Waals surface area contributed by atoms with Crippen molar-refractivity contribution >= 4 is 31.9 Å². The van der Waals surface area contributed by atoms with E-state index in [9.17, 15) is 13.2 Å². The van der Waals surface area contributed by atoms with E-state index < -0.39 is 10.0 Å². The summed E-state index contributed by atoms with van der Waals surface area (Å²) in [4.78, 5) is 11.4. The lowest BCUT2D eigenvalue weighted by atomic mass is 10.2. The first-order chi connectivity index (χ1) is 8.99. The molecule has 1 amide bonds. The van der Waals surface area contributed by atoms with Crippen LogP contribution < -0.4 is 10.0 Å². The van der Waals surface area contributed by atoms with Crippen LogP contribution in [0.1, 0.15) is 18.9 Å². The average Bonchev–Trinajstić information content (AvgIpc) is 2.39. The fourth-order valence-electron chi connectivity index (χ4n) is 1.43. The second-order valence-corrected chi connectivity index (χ2v) is 6.21. The molecule has 19 heavy (non-hydrogen) atoms. The van der Waals surface area contributed by atoms with Gasteiger partial charge in [0.05, 0.1) is 4.90 Å². The third kappa shape index (κ3) is 5.30. The van der Waals surface area contributed by atoms with Crippen LogP contribution in [0.2, 0.25) is 0 Å². The van der Waals surface area contributed by atoms with Gasteiger partial charge in [-0.15, -0.1) is 0 Å². The maximum Gasteiger partial charge on any atom is 0.240 e. The van der Waals surface area contributed by atoms with E-state index in [0.717, 1.165) is 5.56 Å². The van der Waals surface area contributed by atoms with Crippen molar-refractivity contribution in [3.8, 4) is 0 Å². The minimum Gasteiger partial charge on any atom is -0.356 e. The second kappa shape index (κ2) is 7.62. The summed E-state index contributed by atoms with van der Waals surface area (Å²) in [5.41, 5.74) is 1.00. The lowest BCUT2D eigenvalue weighted by Crippen LogP contribution is -2.30. The number of alkyl halides is 1. The van der Waals surface area contributed by atoms with Crippen LogP contribution in [0.3, 0.4) is 0 Å². The molecule has 1 rings (SSSR count). The van der Waals surface area contributed by atoms with Crippen LogP contribution in [0.25, 0.3) is 0 Å². The molecular weight excluding hydrogens is 332 g/mol. The Balaban J connectivity index is 2.57. The monoisotopic (exact) mass is 348 g/mol. The maximum atomic E-state index is 11.9. The summed E-state index contributed by atoms with van der Waals surface area (Å²) in [5.74, 6) is -0.167. The summed E-state index contributed by atoms with van der Waals surface area (Å²) < 4.78 is 26.2. The first kappa shape index (κ1) is 16.1. The molecule has 0 aromatic heterocycles. The van der Waals surface area contributed by atoms with Crippen LogP contribution in [-0.4, -0.2) is 27.4 Å². The van der Waals surface area contributed by atoms with Crippen molar-refractivity contribution in [1.29, 1.82) is 0 Å². The highest BCUT2D eigenvalue weighted by Gasteiger charge is 2.13. The number of carbonyl (C=O) groups is 1. The van der Waals surface area contributed by atoms with Gasteiger partial charge in [-0.05, 0) is 24.6 Å². The van der Waals surface area contributed by atoms with Gasteiger partial charge in [0.2, 0.25) is 15.9 Å². The van der Waals surface area contributed by atoms with Crippen LogP contribution >= 0.6 is 15.9 Å². The van der Waals surface area contributed by atoms with Gasteiger partial charge in [0.1, 0.15) is 0 Å². The lowest BCUT2D eigenvalue weighted by molar-refractivity contribution is -0.120. The van der Waals surface area contributed by atoms with E-state index in [0.29, 0.717) is 11.9 Å². The molecule has 7 heteroatoms. The largest absolute Gasteiger partial charge is 0.356 e. The molecule has 0 aliphatic carbocycles. The Labute approximate surface area is 122 Å². The van der Waals surface area contributed by atoms with Gasteiger partial charge in [-0.2, -0.15) is 0 Å². The fourth-order valence-corrected chi connectivity index (χ4v) is 2.83. The van der Waals surface area contributed by atoms with E-state index >= 15 is 0 Å². The summed E-state index contributed by atoms with van der Waals surface area (Å²) in [6.07, 6.45) is 0.132. The highest BCUT2D eigenvalue weighted by molar-refractivity contribution is 9.08. The first-order valence-electron chi connectivity index (χ1n) is 5.91. The predicted octanol–water partition coefficient (Wildman–Crippen LogP) is 1.39. The third-order valence-corrected chi connectivity index (χ3v) is 4.53. The van der Waals surface area contributed by atoms with Crippen LogP contribution in [0.4, 0.5) is 0 Å². The fraction of sp³-hybridized carbons (Fsp3) is 0.417. The number of hydrogen-bond acceptors (Lipinski definition) is 3. The Bertz CT molecular complexity index is 514.